The summed E-state index contributed by atoms with van der Waals surface area (Å²) in [5, 5.41) is 14.3. The van der Waals surface area contributed by atoms with Crippen LogP contribution in [0, 0.1) is 12.3 Å². The number of fused-ring (bicyclic) bond motifs is 2. The fraction of sp³-hybridized carbons (Fsp3) is 0.179. The molecule has 0 fully saturated rings. The number of terminal acetylenes is 1. The lowest BCUT2D eigenvalue weighted by molar-refractivity contribution is 0.0697. The number of carboxylic acid groups (broad SMARTS) is 1. The van der Waals surface area contributed by atoms with E-state index >= 15 is 0 Å². The largest absolute Gasteiger partial charge is 0.478 e. The van der Waals surface area contributed by atoms with Gasteiger partial charge in [-0.3, -0.25) is 4.79 Å². The predicted molar refractivity (Wildman–Crippen MR) is 138 cm³/mol. The van der Waals surface area contributed by atoms with Crippen molar-refractivity contribution in [3.8, 4) is 34.8 Å². The molecule has 0 saturated heterocycles. The summed E-state index contributed by atoms with van der Waals surface area (Å²) in [7, 11) is 7.75. The van der Waals surface area contributed by atoms with Crippen molar-refractivity contribution in [2.24, 2.45) is 0 Å². The van der Waals surface area contributed by atoms with E-state index in [0.29, 0.717) is 28.0 Å². The fourth-order valence-corrected chi connectivity index (χ4v) is 4.03. The molecule has 7 heteroatoms. The van der Waals surface area contributed by atoms with Crippen LogP contribution in [0.3, 0.4) is 0 Å². The monoisotopic (exact) mass is 468 g/mol. The molecule has 0 aromatic heterocycles. The quantitative estimate of drug-likeness (QED) is 0.267. The zero-order valence-electron chi connectivity index (χ0n) is 20.0. The number of carbonyl (C=O) groups excluding carboxylic acids is 1. The van der Waals surface area contributed by atoms with Crippen LogP contribution in [-0.2, 0) is 0 Å². The first kappa shape index (κ1) is 23.6. The van der Waals surface area contributed by atoms with Crippen LogP contribution in [0.25, 0.3) is 33.4 Å². The van der Waals surface area contributed by atoms with E-state index in [1.54, 1.807) is 6.07 Å². The van der Waals surface area contributed by atoms with Crippen molar-refractivity contribution < 1.29 is 19.1 Å². The standard InChI is InChI=1S/C28H25N3O4/c1-6-13-29-27(32)17-7-10-20(28(33)34)23(14-17)26-21-11-8-18(30(2)3)15-24(21)35-25-16-19(31(4)5)9-12-22(25)26/h1,7-12,14-16H,13H2,2-5H3,(H-,29,32,33,34)/p+1. The third-order valence-electron chi connectivity index (χ3n) is 5.85. The predicted octanol–water partition coefficient (Wildman–Crippen LogP) is 3.36. The molecule has 0 atom stereocenters. The number of hydrogen-bond donors (Lipinski definition) is 2. The Morgan fingerprint density at radius 2 is 1.83 bits per heavy atom. The van der Waals surface area contributed by atoms with E-state index in [1.807, 2.05) is 74.1 Å². The number of nitrogens with one attached hydrogen (secondary N) is 1. The van der Waals surface area contributed by atoms with E-state index in [1.165, 1.54) is 12.1 Å². The van der Waals surface area contributed by atoms with Gasteiger partial charge in [0, 0.05) is 54.0 Å². The number of hydrogen-bond acceptors (Lipinski definition) is 4. The molecule has 2 aromatic carbocycles. The van der Waals surface area contributed by atoms with Crippen LogP contribution >= 0.6 is 0 Å². The molecule has 2 aromatic rings. The smallest absolute Gasteiger partial charge is 0.336 e. The van der Waals surface area contributed by atoms with E-state index in [-0.39, 0.29) is 18.0 Å². The van der Waals surface area contributed by atoms with Crippen LogP contribution in [0.4, 0.5) is 5.69 Å². The van der Waals surface area contributed by atoms with E-state index in [0.717, 1.165) is 22.0 Å². The lowest BCUT2D eigenvalue weighted by atomic mass is 9.89. The van der Waals surface area contributed by atoms with E-state index in [2.05, 4.69) is 11.2 Å². The molecular formula is C28H26N3O4+. The second-order valence-corrected chi connectivity index (χ2v) is 8.58. The molecule has 2 N–H and O–H groups in total. The number of amides is 1. The average molecular weight is 469 g/mol. The van der Waals surface area contributed by atoms with Crippen molar-refractivity contribution in [1.82, 2.24) is 9.89 Å². The van der Waals surface area contributed by atoms with Gasteiger partial charge in [0.1, 0.15) is 25.4 Å². The van der Waals surface area contributed by atoms with Crippen LogP contribution < -0.4 is 20.1 Å². The molecule has 1 aliphatic carbocycles. The summed E-state index contributed by atoms with van der Waals surface area (Å²) in [5.74, 6) is 1.51. The van der Waals surface area contributed by atoms with Gasteiger partial charge in [0.25, 0.3) is 5.91 Å². The minimum atomic E-state index is -1.09. The molecule has 7 nitrogen and oxygen atoms in total. The van der Waals surface area contributed by atoms with Gasteiger partial charge < -0.3 is 19.7 Å². The molecule has 1 amide bonds. The molecule has 1 aliphatic heterocycles. The maximum atomic E-state index is 12.7. The summed E-state index contributed by atoms with van der Waals surface area (Å²) in [5.41, 5.74) is 3.79. The van der Waals surface area contributed by atoms with Gasteiger partial charge in [-0.15, -0.1) is 6.42 Å². The Morgan fingerprint density at radius 1 is 1.06 bits per heavy atom. The molecule has 0 saturated carbocycles. The molecule has 0 spiro atoms. The highest BCUT2D eigenvalue weighted by molar-refractivity contribution is 6.09. The number of anilines is 1. The zero-order valence-corrected chi connectivity index (χ0v) is 20.0. The number of aromatic carboxylic acids is 1. The highest BCUT2D eigenvalue weighted by Crippen LogP contribution is 2.42. The van der Waals surface area contributed by atoms with Crippen LogP contribution in [0.15, 0.2) is 59.0 Å². The van der Waals surface area contributed by atoms with Crippen LogP contribution in [-0.4, -0.2) is 51.7 Å². The second-order valence-electron chi connectivity index (χ2n) is 8.58. The van der Waals surface area contributed by atoms with Crippen LogP contribution in [0.1, 0.15) is 20.7 Å². The molecule has 0 radical (unpaired) electrons. The second kappa shape index (κ2) is 9.35. The zero-order chi connectivity index (χ0) is 25.3. The maximum Gasteiger partial charge on any atom is 0.336 e. The van der Waals surface area contributed by atoms with Crippen molar-refractivity contribution in [2.75, 3.05) is 39.6 Å². The van der Waals surface area contributed by atoms with Crippen molar-refractivity contribution in [3.63, 3.8) is 0 Å². The average Bonchev–Trinajstić information content (AvgIpc) is 2.84. The van der Waals surface area contributed by atoms with Crippen molar-refractivity contribution in [2.45, 2.75) is 0 Å². The minimum Gasteiger partial charge on any atom is -0.478 e. The third kappa shape index (κ3) is 4.46. The Bertz CT molecular complexity index is 1550. The summed E-state index contributed by atoms with van der Waals surface area (Å²) < 4.78 is 8.29. The van der Waals surface area contributed by atoms with Crippen LogP contribution in [0.5, 0.6) is 0 Å². The number of rotatable bonds is 5. The SMILES string of the molecule is C#CCNC(=O)c1ccc(C(=O)O)c(-c2c3ccc(=[N+](C)C)cc-3oc3cc(N(C)C)ccc23)c1. The number of benzene rings is 3. The summed E-state index contributed by atoms with van der Waals surface area (Å²) in [4.78, 5) is 26.9. The Kier molecular flexibility index (Phi) is 6.30. The lowest BCUT2D eigenvalue weighted by Crippen LogP contribution is -2.23. The Hall–Kier alpha value is -4.57. The van der Waals surface area contributed by atoms with Gasteiger partial charge in [-0.25, -0.2) is 9.37 Å². The number of carboxylic acids is 1. The summed E-state index contributed by atoms with van der Waals surface area (Å²) in [6, 6.07) is 16.1. The molecule has 2 aliphatic rings. The first-order valence-electron chi connectivity index (χ1n) is 11.0. The fourth-order valence-electron chi connectivity index (χ4n) is 4.03. The van der Waals surface area contributed by atoms with Gasteiger partial charge in [0.2, 0.25) is 5.36 Å². The molecule has 35 heavy (non-hydrogen) atoms. The Balaban J connectivity index is 2.12. The van der Waals surface area contributed by atoms with E-state index < -0.39 is 5.97 Å². The molecule has 0 bridgehead atoms. The molecular weight excluding hydrogens is 442 g/mol. The van der Waals surface area contributed by atoms with E-state index in [9.17, 15) is 14.7 Å². The Labute approximate surface area is 203 Å². The van der Waals surface area contributed by atoms with Crippen LogP contribution in [0.2, 0.25) is 0 Å². The first-order valence-corrected chi connectivity index (χ1v) is 11.0. The Morgan fingerprint density at radius 3 is 2.49 bits per heavy atom. The maximum absolute atomic E-state index is 12.7. The van der Waals surface area contributed by atoms with Crippen molar-refractivity contribution >= 4 is 28.5 Å². The van der Waals surface area contributed by atoms with E-state index in [4.69, 9.17) is 10.8 Å². The first-order chi connectivity index (χ1) is 16.7. The van der Waals surface area contributed by atoms with Gasteiger partial charge >= 0.3 is 5.97 Å². The summed E-state index contributed by atoms with van der Waals surface area (Å²) in [6.07, 6.45) is 5.27. The molecule has 176 valence electrons. The number of nitrogens with zero attached hydrogens (tertiary/aromatic N) is 2. The summed E-state index contributed by atoms with van der Waals surface area (Å²) >= 11 is 0. The third-order valence-corrected chi connectivity index (χ3v) is 5.85. The van der Waals surface area contributed by atoms with Gasteiger partial charge in [-0.2, -0.15) is 0 Å². The van der Waals surface area contributed by atoms with Crippen molar-refractivity contribution in [3.05, 3.63) is 71.1 Å². The molecule has 0 unspecified atom stereocenters. The summed E-state index contributed by atoms with van der Waals surface area (Å²) in [6.45, 7) is 0.0750. The number of carbonyl (C=O) groups is 2. The minimum absolute atomic E-state index is 0.0750. The molecule has 1 heterocycles. The highest BCUT2D eigenvalue weighted by atomic mass is 16.4. The molecule has 4 rings (SSSR count). The van der Waals surface area contributed by atoms with Gasteiger partial charge in [-0.1, -0.05) is 5.92 Å². The van der Waals surface area contributed by atoms with Gasteiger partial charge in [0.15, 0.2) is 0 Å². The van der Waals surface area contributed by atoms with Crippen molar-refractivity contribution in [1.29, 1.82) is 0 Å². The normalized spacial score (nSPS) is 10.7. The van der Waals surface area contributed by atoms with Gasteiger partial charge in [-0.05, 0) is 42.0 Å². The van der Waals surface area contributed by atoms with Gasteiger partial charge in [0.05, 0.1) is 18.2 Å². The topological polar surface area (TPSA) is 85.8 Å². The lowest BCUT2D eigenvalue weighted by Gasteiger charge is -2.19. The highest BCUT2D eigenvalue weighted by Gasteiger charge is 2.23.